The minimum Gasteiger partial charge on any atom is -0.494 e. The standard InChI is InChI=1S/C27H26N4O3S/c32-27-25(23-17-22(30-35(33)34)13-14-24(23)29-27)26(20-7-3-1-4-8-20)28-21-11-9-19(10-12-21)18-31-15-5-2-6-16-31/h1,3-4,7-14,17,29,32H,2,5-6,15-16,18H2. The van der Waals surface area contributed by atoms with E-state index in [1.54, 1.807) is 18.2 Å². The highest BCUT2D eigenvalue weighted by Crippen LogP contribution is 2.33. The Kier molecular flexibility index (Phi) is 6.74. The SMILES string of the molecule is O=S(=O)=Nc1ccc2[nH]c(O)c(C(=Nc3ccc(CN4CCCCC4)cc3)c3ccccc3)c2c1. The van der Waals surface area contributed by atoms with Gasteiger partial charge in [-0.2, -0.15) is 8.42 Å². The van der Waals surface area contributed by atoms with Gasteiger partial charge in [0.1, 0.15) is 0 Å². The first-order valence-corrected chi connectivity index (χ1v) is 12.7. The quantitative estimate of drug-likeness (QED) is 0.340. The van der Waals surface area contributed by atoms with Gasteiger partial charge in [0.15, 0.2) is 5.88 Å². The number of piperidine rings is 1. The summed E-state index contributed by atoms with van der Waals surface area (Å²) >= 11 is 0. The molecule has 0 atom stereocenters. The highest BCUT2D eigenvalue weighted by atomic mass is 32.2. The van der Waals surface area contributed by atoms with Crippen LogP contribution in [0.2, 0.25) is 0 Å². The van der Waals surface area contributed by atoms with E-state index < -0.39 is 10.5 Å². The highest BCUT2D eigenvalue weighted by molar-refractivity contribution is 7.61. The number of aliphatic imine (C=N–C) groups is 1. The van der Waals surface area contributed by atoms with Crippen molar-refractivity contribution in [2.45, 2.75) is 25.8 Å². The maximum atomic E-state index is 11.1. The van der Waals surface area contributed by atoms with Crippen LogP contribution < -0.4 is 0 Å². The summed E-state index contributed by atoms with van der Waals surface area (Å²) in [7, 11) is -2.57. The van der Waals surface area contributed by atoms with Crippen molar-refractivity contribution in [1.82, 2.24) is 9.88 Å². The molecule has 0 saturated carbocycles. The third-order valence-corrected chi connectivity index (χ3v) is 6.62. The number of benzene rings is 3. The van der Waals surface area contributed by atoms with E-state index in [1.165, 1.54) is 24.8 Å². The maximum absolute atomic E-state index is 11.1. The molecule has 1 saturated heterocycles. The van der Waals surface area contributed by atoms with E-state index in [0.29, 0.717) is 22.2 Å². The fourth-order valence-electron chi connectivity index (χ4n) is 4.59. The Morgan fingerprint density at radius 3 is 2.34 bits per heavy atom. The first kappa shape index (κ1) is 23.0. The van der Waals surface area contributed by atoms with E-state index in [0.717, 1.165) is 30.9 Å². The lowest BCUT2D eigenvalue weighted by Gasteiger charge is -2.26. The van der Waals surface area contributed by atoms with Crippen LogP contribution >= 0.6 is 0 Å². The van der Waals surface area contributed by atoms with E-state index in [2.05, 4.69) is 26.4 Å². The summed E-state index contributed by atoms with van der Waals surface area (Å²) in [6.07, 6.45) is 3.84. The molecule has 5 rings (SSSR count). The van der Waals surface area contributed by atoms with E-state index in [1.807, 2.05) is 42.5 Å². The Morgan fingerprint density at radius 1 is 0.914 bits per heavy atom. The van der Waals surface area contributed by atoms with E-state index in [9.17, 15) is 13.5 Å². The van der Waals surface area contributed by atoms with Crippen LogP contribution in [0.25, 0.3) is 10.9 Å². The van der Waals surface area contributed by atoms with Crippen molar-refractivity contribution in [3.05, 3.63) is 89.5 Å². The van der Waals surface area contributed by atoms with Gasteiger partial charge in [0, 0.05) is 23.0 Å². The monoisotopic (exact) mass is 486 g/mol. The third-order valence-electron chi connectivity index (χ3n) is 6.26. The number of hydrogen-bond acceptors (Lipinski definition) is 6. The first-order chi connectivity index (χ1) is 17.1. The number of rotatable bonds is 6. The van der Waals surface area contributed by atoms with Crippen molar-refractivity contribution in [1.29, 1.82) is 0 Å². The first-order valence-electron chi connectivity index (χ1n) is 11.7. The van der Waals surface area contributed by atoms with Gasteiger partial charge in [-0.15, -0.1) is 4.36 Å². The normalized spacial score (nSPS) is 14.8. The highest BCUT2D eigenvalue weighted by Gasteiger charge is 2.19. The molecule has 4 aromatic rings. The summed E-state index contributed by atoms with van der Waals surface area (Å²) in [5, 5.41) is 11.5. The third kappa shape index (κ3) is 5.34. The number of likely N-dealkylation sites (tertiary alicyclic amines) is 1. The summed E-state index contributed by atoms with van der Waals surface area (Å²) < 4.78 is 25.8. The number of nitrogens with one attached hydrogen (secondary N) is 1. The van der Waals surface area contributed by atoms with Crippen LogP contribution in [0.1, 0.15) is 36.0 Å². The average molecular weight is 487 g/mol. The topological polar surface area (TPSA) is 98.1 Å². The number of hydrogen-bond donors (Lipinski definition) is 2. The van der Waals surface area contributed by atoms with Crippen molar-refractivity contribution in [3.8, 4) is 5.88 Å². The second-order valence-electron chi connectivity index (χ2n) is 8.72. The lowest BCUT2D eigenvalue weighted by molar-refractivity contribution is 0.221. The minimum atomic E-state index is -2.57. The average Bonchev–Trinajstić information content (AvgIpc) is 3.19. The van der Waals surface area contributed by atoms with Gasteiger partial charge < -0.3 is 10.1 Å². The zero-order valence-electron chi connectivity index (χ0n) is 19.2. The number of H-pyrrole nitrogens is 1. The molecule has 8 heteroatoms. The molecule has 1 aromatic heterocycles. The molecule has 2 heterocycles. The minimum absolute atomic E-state index is 0.0373. The summed E-state index contributed by atoms with van der Waals surface area (Å²) in [4.78, 5) is 10.4. The van der Waals surface area contributed by atoms with Gasteiger partial charge in [0.2, 0.25) is 0 Å². The van der Waals surface area contributed by atoms with Gasteiger partial charge in [-0.3, -0.25) is 4.90 Å². The van der Waals surface area contributed by atoms with Gasteiger partial charge in [-0.05, 0) is 61.8 Å². The molecule has 1 fully saturated rings. The number of aromatic amines is 1. The van der Waals surface area contributed by atoms with Crippen molar-refractivity contribution < 1.29 is 13.5 Å². The van der Waals surface area contributed by atoms with Crippen LogP contribution in [0, 0.1) is 0 Å². The summed E-state index contributed by atoms with van der Waals surface area (Å²) in [5.41, 5.74) is 4.86. The Morgan fingerprint density at radius 2 is 1.63 bits per heavy atom. The second kappa shape index (κ2) is 10.2. The molecular formula is C27H26N4O3S. The van der Waals surface area contributed by atoms with Crippen molar-refractivity contribution in [2.24, 2.45) is 9.36 Å². The Labute approximate surface area is 205 Å². The molecule has 0 spiro atoms. The summed E-state index contributed by atoms with van der Waals surface area (Å²) in [5.74, 6) is -0.0373. The zero-order valence-corrected chi connectivity index (χ0v) is 20.0. The van der Waals surface area contributed by atoms with Gasteiger partial charge in [-0.1, -0.05) is 48.9 Å². The van der Waals surface area contributed by atoms with E-state index in [4.69, 9.17) is 4.99 Å². The van der Waals surface area contributed by atoms with Gasteiger partial charge in [0.25, 0.3) is 0 Å². The van der Waals surface area contributed by atoms with Crippen molar-refractivity contribution >= 4 is 38.5 Å². The molecular weight excluding hydrogens is 460 g/mol. The maximum Gasteiger partial charge on any atom is 0.316 e. The lowest BCUT2D eigenvalue weighted by atomic mass is 10.0. The molecule has 1 aliphatic heterocycles. The second-order valence-corrected chi connectivity index (χ2v) is 9.33. The molecule has 0 bridgehead atoms. The largest absolute Gasteiger partial charge is 0.494 e. The van der Waals surface area contributed by atoms with E-state index >= 15 is 0 Å². The van der Waals surface area contributed by atoms with Crippen LogP contribution in [-0.2, 0) is 17.0 Å². The van der Waals surface area contributed by atoms with Gasteiger partial charge in [0.05, 0.1) is 22.6 Å². The van der Waals surface area contributed by atoms with Crippen molar-refractivity contribution in [2.75, 3.05) is 13.1 Å². The van der Waals surface area contributed by atoms with Crippen LogP contribution in [0.3, 0.4) is 0 Å². The predicted octanol–water partition coefficient (Wildman–Crippen LogP) is 5.72. The summed E-state index contributed by atoms with van der Waals surface area (Å²) in [6, 6.07) is 22.7. The fraction of sp³-hybridized carbons (Fsp3) is 0.222. The molecule has 0 aliphatic carbocycles. The number of aromatic nitrogens is 1. The van der Waals surface area contributed by atoms with Gasteiger partial charge >= 0.3 is 10.5 Å². The van der Waals surface area contributed by atoms with Crippen LogP contribution in [-0.4, -0.2) is 42.2 Å². The Balaban J connectivity index is 1.57. The van der Waals surface area contributed by atoms with Crippen molar-refractivity contribution in [3.63, 3.8) is 0 Å². The number of nitrogens with zero attached hydrogens (tertiary/aromatic N) is 3. The lowest BCUT2D eigenvalue weighted by Crippen LogP contribution is -2.28. The molecule has 2 N–H and O–H groups in total. The van der Waals surface area contributed by atoms with Crippen LogP contribution in [0.15, 0.2) is 82.2 Å². The Hall–Kier alpha value is -3.75. The molecule has 0 radical (unpaired) electrons. The number of fused-ring (bicyclic) bond motifs is 1. The fourth-order valence-corrected chi connectivity index (χ4v) is 4.88. The smallest absolute Gasteiger partial charge is 0.316 e. The molecule has 35 heavy (non-hydrogen) atoms. The zero-order chi connectivity index (χ0) is 24.2. The molecule has 1 aliphatic rings. The molecule has 0 amide bonds. The van der Waals surface area contributed by atoms with E-state index in [-0.39, 0.29) is 11.6 Å². The van der Waals surface area contributed by atoms with Crippen LogP contribution in [0.5, 0.6) is 5.88 Å². The molecule has 0 unspecified atom stereocenters. The molecule has 7 nitrogen and oxygen atoms in total. The molecule has 3 aromatic carbocycles. The van der Waals surface area contributed by atoms with Gasteiger partial charge in [-0.25, -0.2) is 4.99 Å². The summed E-state index contributed by atoms with van der Waals surface area (Å²) in [6.45, 7) is 3.23. The predicted molar refractivity (Wildman–Crippen MR) is 138 cm³/mol. The van der Waals surface area contributed by atoms with Crippen LogP contribution in [0.4, 0.5) is 11.4 Å². The Bertz CT molecular complexity index is 1490. The molecule has 178 valence electrons. The number of aromatic hydroxyl groups is 1.